The molecule has 1 aromatic heterocycles. The molecule has 2 heterocycles. The Morgan fingerprint density at radius 3 is 2.33 bits per heavy atom. The minimum Gasteiger partial charge on any atom is -0.496 e. The van der Waals surface area contributed by atoms with Gasteiger partial charge in [0.25, 0.3) is 0 Å². The zero-order valence-electron chi connectivity index (χ0n) is 25.6. The number of carbonyl (C=O) groups is 2. The van der Waals surface area contributed by atoms with Crippen molar-refractivity contribution < 1.29 is 14.3 Å². The molecule has 1 aliphatic heterocycles. The number of methoxy groups -OCH3 is 1. The molecule has 3 aliphatic rings. The summed E-state index contributed by atoms with van der Waals surface area (Å²) >= 11 is 0. The Kier molecular flexibility index (Phi) is 9.38. The molecule has 12 nitrogen and oxygen atoms in total. The van der Waals surface area contributed by atoms with Crippen LogP contribution in [0.4, 0.5) is 10.6 Å². The van der Waals surface area contributed by atoms with E-state index in [-0.39, 0.29) is 17.8 Å². The van der Waals surface area contributed by atoms with Gasteiger partial charge in [-0.3, -0.25) is 19.6 Å². The monoisotopic (exact) mass is 594 g/mol. The van der Waals surface area contributed by atoms with Crippen molar-refractivity contribution in [1.29, 1.82) is 0 Å². The van der Waals surface area contributed by atoms with Gasteiger partial charge in [0.05, 0.1) is 18.3 Å². The van der Waals surface area contributed by atoms with Crippen molar-refractivity contribution in [3.05, 3.63) is 46.5 Å². The minimum absolute atomic E-state index is 0.146. The fraction of sp³-hybridized carbons (Fsp3) is 0.613. The average molecular weight is 595 g/mol. The van der Waals surface area contributed by atoms with Crippen LogP contribution >= 0.6 is 0 Å². The first kappa shape index (κ1) is 31.0. The molecule has 0 bridgehead atoms. The van der Waals surface area contributed by atoms with Crippen LogP contribution in [0.3, 0.4) is 0 Å². The summed E-state index contributed by atoms with van der Waals surface area (Å²) in [5.41, 5.74) is 12.4. The van der Waals surface area contributed by atoms with Crippen LogP contribution in [0, 0.1) is 5.92 Å². The minimum atomic E-state index is -0.955. The smallest absolute Gasteiger partial charge is 0.354 e. The molecule has 5 N–H and O–H groups in total. The maximum absolute atomic E-state index is 13.0. The van der Waals surface area contributed by atoms with Crippen LogP contribution in [0.25, 0.3) is 5.69 Å². The van der Waals surface area contributed by atoms with Crippen molar-refractivity contribution in [2.24, 2.45) is 17.4 Å². The van der Waals surface area contributed by atoms with E-state index in [2.05, 4.69) is 15.2 Å². The molecule has 0 radical (unpaired) electrons. The average Bonchev–Trinajstić information content (AvgIpc) is 3.81. The summed E-state index contributed by atoms with van der Waals surface area (Å²) in [6.07, 6.45) is 8.59. The van der Waals surface area contributed by atoms with Gasteiger partial charge in [-0.15, -0.1) is 0 Å². The molecule has 12 heteroatoms. The lowest BCUT2D eigenvalue weighted by Gasteiger charge is -2.37. The molecule has 2 aromatic rings. The van der Waals surface area contributed by atoms with E-state index in [1.165, 1.54) is 17.4 Å². The van der Waals surface area contributed by atoms with Gasteiger partial charge >= 0.3 is 11.7 Å². The van der Waals surface area contributed by atoms with Crippen molar-refractivity contribution in [2.45, 2.75) is 76.5 Å². The summed E-state index contributed by atoms with van der Waals surface area (Å²) in [6.45, 7) is 6.76. The van der Waals surface area contributed by atoms with E-state index in [1.54, 1.807) is 43.0 Å². The predicted molar refractivity (Wildman–Crippen MR) is 165 cm³/mol. The lowest BCUT2D eigenvalue weighted by molar-refractivity contribution is -0.137. The highest BCUT2D eigenvalue weighted by atomic mass is 16.5. The number of benzene rings is 1. The highest BCUT2D eigenvalue weighted by molar-refractivity contribution is 5.89. The van der Waals surface area contributed by atoms with Gasteiger partial charge in [0.15, 0.2) is 0 Å². The topological polar surface area (TPSA) is 152 Å². The number of ether oxygens (including phenoxy) is 1. The second-order valence-corrected chi connectivity index (χ2v) is 12.8. The van der Waals surface area contributed by atoms with E-state index < -0.39 is 11.2 Å². The van der Waals surface area contributed by atoms with E-state index in [9.17, 15) is 14.4 Å². The highest BCUT2D eigenvalue weighted by Crippen LogP contribution is 2.34. The number of hydrogen-bond donors (Lipinski definition) is 3. The number of piperazine rings is 1. The largest absolute Gasteiger partial charge is 0.496 e. The summed E-state index contributed by atoms with van der Waals surface area (Å²) in [6, 6.07) is 7.88. The number of carbonyl (C=O) groups excluding carboxylic acids is 2. The summed E-state index contributed by atoms with van der Waals surface area (Å²) in [5, 5.41) is 2.71. The van der Waals surface area contributed by atoms with E-state index in [0.717, 1.165) is 56.0 Å². The molecule has 2 saturated carbocycles. The molecule has 0 spiro atoms. The van der Waals surface area contributed by atoms with Gasteiger partial charge < -0.3 is 26.0 Å². The molecule has 5 rings (SSSR count). The van der Waals surface area contributed by atoms with Crippen LogP contribution < -0.4 is 27.2 Å². The molecular formula is C31H46N8O4. The lowest BCUT2D eigenvalue weighted by atomic mass is 9.90. The molecule has 43 heavy (non-hydrogen) atoms. The Morgan fingerprint density at radius 1 is 1.05 bits per heavy atom. The number of anilines is 1. The summed E-state index contributed by atoms with van der Waals surface area (Å²) in [7, 11) is 1.65. The van der Waals surface area contributed by atoms with Crippen LogP contribution in [0.5, 0.6) is 5.75 Å². The van der Waals surface area contributed by atoms with E-state index in [1.807, 2.05) is 18.2 Å². The molecule has 0 unspecified atom stereocenters. The Bertz CT molecular complexity index is 1350. The normalized spacial score (nSPS) is 21.2. The third-order valence-corrected chi connectivity index (χ3v) is 8.81. The van der Waals surface area contributed by atoms with E-state index >= 15 is 0 Å². The van der Waals surface area contributed by atoms with Gasteiger partial charge in [-0.1, -0.05) is 6.07 Å². The lowest BCUT2D eigenvalue weighted by Crippen LogP contribution is -2.58. The number of hydrogen-bond acceptors (Lipinski definition) is 8. The van der Waals surface area contributed by atoms with Crippen LogP contribution in [0.2, 0.25) is 0 Å². The first-order valence-electron chi connectivity index (χ1n) is 15.4. The number of urea groups is 1. The zero-order valence-corrected chi connectivity index (χ0v) is 25.6. The van der Waals surface area contributed by atoms with Gasteiger partial charge in [0, 0.05) is 69.2 Å². The number of nitrogens with two attached hydrogens (primary N) is 2. The molecule has 1 aromatic carbocycles. The van der Waals surface area contributed by atoms with Crippen molar-refractivity contribution in [3.63, 3.8) is 0 Å². The maximum Gasteiger partial charge on any atom is 0.354 e. The highest BCUT2D eigenvalue weighted by Gasteiger charge is 2.32. The Balaban J connectivity index is 1.23. The van der Waals surface area contributed by atoms with Crippen molar-refractivity contribution >= 4 is 17.8 Å². The van der Waals surface area contributed by atoms with Crippen LogP contribution in [0.1, 0.15) is 57.9 Å². The maximum atomic E-state index is 13.0. The third kappa shape index (κ3) is 7.73. The summed E-state index contributed by atoms with van der Waals surface area (Å²) in [4.78, 5) is 48.2. The predicted octanol–water partition coefficient (Wildman–Crippen LogP) is 2.14. The number of rotatable bonds is 9. The van der Waals surface area contributed by atoms with Gasteiger partial charge in [-0.05, 0) is 70.4 Å². The number of aromatic nitrogens is 2. The number of amides is 3. The standard InChI is InChI=1S/C31H46N8O4/c1-31(2,33)28(40)36-14-16-37(17-15-36)29(41)34-27-12-13-39(30(42)35-27)25-9-6-22(26(18-25)43-3)20-38(19-21-4-5-21)24-10-7-23(32)8-11-24/h6,9,12-13,18,21,23-24H,4-5,7-8,10-11,14-17,19-20,32-33H2,1-3H3,(H,34,35,41,42)/t23-,24-. The van der Waals surface area contributed by atoms with E-state index in [4.69, 9.17) is 16.2 Å². The van der Waals surface area contributed by atoms with Crippen LogP contribution in [-0.2, 0) is 11.3 Å². The quantitative estimate of drug-likeness (QED) is 0.399. The Labute approximate surface area is 253 Å². The fourth-order valence-corrected chi connectivity index (χ4v) is 6.05. The van der Waals surface area contributed by atoms with E-state index in [0.29, 0.717) is 44.0 Å². The zero-order chi connectivity index (χ0) is 30.7. The second kappa shape index (κ2) is 13.0. The first-order valence-corrected chi connectivity index (χ1v) is 15.4. The third-order valence-electron chi connectivity index (χ3n) is 8.81. The summed E-state index contributed by atoms with van der Waals surface area (Å²) in [5.74, 6) is 1.53. The van der Waals surface area contributed by atoms with Gasteiger partial charge in [0.1, 0.15) is 11.6 Å². The number of nitrogens with zero attached hydrogens (tertiary/aromatic N) is 5. The van der Waals surface area contributed by atoms with Gasteiger partial charge in [-0.25, -0.2) is 9.59 Å². The summed E-state index contributed by atoms with van der Waals surface area (Å²) < 4.78 is 7.22. The molecule has 2 aliphatic carbocycles. The SMILES string of the molecule is COc1cc(-n2ccc(NC(=O)N3CCN(C(=O)C(C)(C)N)CC3)nc2=O)ccc1CN(CC1CC1)[C@H]1CC[C@H](N)CC1. The van der Waals surface area contributed by atoms with Crippen molar-refractivity contribution in [3.8, 4) is 11.4 Å². The molecule has 3 fully saturated rings. The first-order chi connectivity index (χ1) is 20.5. The molecule has 0 atom stereocenters. The van der Waals surface area contributed by atoms with Crippen LogP contribution in [0.15, 0.2) is 35.3 Å². The molecular weight excluding hydrogens is 548 g/mol. The van der Waals surface area contributed by atoms with Gasteiger partial charge in [0.2, 0.25) is 5.91 Å². The van der Waals surface area contributed by atoms with Crippen LogP contribution in [-0.4, -0.2) is 93.6 Å². The Morgan fingerprint density at radius 2 is 1.72 bits per heavy atom. The fourth-order valence-electron chi connectivity index (χ4n) is 6.05. The molecule has 234 valence electrons. The van der Waals surface area contributed by atoms with Gasteiger partial charge in [-0.2, -0.15) is 4.98 Å². The Hall–Kier alpha value is -3.48. The molecule has 3 amide bonds. The van der Waals surface area contributed by atoms with Crippen molar-refractivity contribution in [2.75, 3.05) is 45.2 Å². The second-order valence-electron chi connectivity index (χ2n) is 12.8. The number of nitrogens with one attached hydrogen (secondary N) is 1. The van der Waals surface area contributed by atoms with Crippen molar-refractivity contribution in [1.82, 2.24) is 24.3 Å². The molecule has 1 saturated heterocycles.